The summed E-state index contributed by atoms with van der Waals surface area (Å²) < 4.78 is 10.9. The van der Waals surface area contributed by atoms with Gasteiger partial charge in [-0.25, -0.2) is 0 Å². The molecule has 0 atom stereocenters. The predicted octanol–water partition coefficient (Wildman–Crippen LogP) is 19.7. The number of nitrogens with one attached hydrogen (secondary N) is 1. The number of rotatable bonds is 11. The van der Waals surface area contributed by atoms with Crippen molar-refractivity contribution in [3.05, 3.63) is 309 Å². The Hall–Kier alpha value is -8.82. The summed E-state index contributed by atoms with van der Waals surface area (Å²) in [6, 6.07) is 103. The van der Waals surface area contributed by atoms with Crippen molar-refractivity contribution in [2.45, 2.75) is 13.3 Å². The fraction of sp³-hybridized carbons (Fsp3) is 0.0278. The molecule has 6 nitrogen and oxygen atoms in total. The molecular formula is C72H57AlIrN5OP-. The Kier molecular flexibility index (Phi) is 19.4. The van der Waals surface area contributed by atoms with Crippen molar-refractivity contribution in [3.8, 4) is 39.3 Å². The molecule has 2 heterocycles. The molecule has 0 bridgehead atoms. The number of pyridine rings is 2. The molecule has 0 spiro atoms. The second-order valence-electron chi connectivity index (χ2n) is 18.6. The zero-order chi connectivity index (χ0) is 55.6. The van der Waals surface area contributed by atoms with Crippen molar-refractivity contribution in [2.75, 3.05) is 9.80 Å². The van der Waals surface area contributed by atoms with Gasteiger partial charge in [0.1, 0.15) is 11.3 Å². The van der Waals surface area contributed by atoms with E-state index in [2.05, 4.69) is 271 Å². The molecule has 0 saturated heterocycles. The molecule has 394 valence electrons. The van der Waals surface area contributed by atoms with Crippen molar-refractivity contribution < 1.29 is 25.3 Å². The monoisotopic (exact) mass is 1260 g/mol. The van der Waals surface area contributed by atoms with E-state index in [1.54, 1.807) is 6.20 Å². The van der Waals surface area contributed by atoms with Crippen LogP contribution in [0.15, 0.2) is 298 Å². The third kappa shape index (κ3) is 13.4. The van der Waals surface area contributed by atoms with Crippen molar-refractivity contribution in [2.24, 2.45) is 0 Å². The molecule has 0 aliphatic rings. The minimum Gasteiger partial charge on any atom is -0.649 e. The van der Waals surface area contributed by atoms with Crippen LogP contribution in [-0.2, 0) is 26.5 Å². The summed E-state index contributed by atoms with van der Waals surface area (Å²) in [7, 11) is 2.48. The van der Waals surface area contributed by atoms with Crippen LogP contribution in [0.1, 0.15) is 12.5 Å². The SMILES string of the molecule is CCc1cc(-c2[c-]cccc2)ncc1-c1ccccc1.[2H]N=P.[AlH][O]c1cccc2cccnc12.[Ir].c1ccc(N(c2ccc(-c3ccc(N(c4ccccc4)c4cccc5ccccc45)cc3)cc2)c2cccc3ccccc23)cc1. The topological polar surface area (TPSA) is 65.3 Å². The Bertz CT molecular complexity index is 3950. The summed E-state index contributed by atoms with van der Waals surface area (Å²) in [6.07, 6.45) is 4.74. The number of fused-ring (bicyclic) bond motifs is 3. The number of nitrogens with zero attached hydrogens (tertiary/aromatic N) is 4. The maximum atomic E-state index is 5.75. The molecule has 0 unspecified atom stereocenters. The minimum atomic E-state index is 0. The van der Waals surface area contributed by atoms with Gasteiger partial charge in [-0.2, -0.15) is 0 Å². The summed E-state index contributed by atoms with van der Waals surface area (Å²) in [4.78, 5) is 13.5. The third-order valence-electron chi connectivity index (χ3n) is 13.8. The van der Waals surface area contributed by atoms with E-state index < -0.39 is 0 Å². The number of aromatic nitrogens is 2. The van der Waals surface area contributed by atoms with Crippen LogP contribution in [0.2, 0.25) is 1.41 Å². The molecule has 1 N–H and O–H groups in total. The summed E-state index contributed by atoms with van der Waals surface area (Å²) in [5.74, 6) is 0.839. The van der Waals surface area contributed by atoms with Crippen molar-refractivity contribution in [1.29, 1.82) is 5.15 Å². The van der Waals surface area contributed by atoms with Gasteiger partial charge in [-0.15, -0.1) is 35.9 Å². The van der Waals surface area contributed by atoms with E-state index in [4.69, 9.17) is 5.20 Å². The van der Waals surface area contributed by atoms with Gasteiger partial charge in [0.15, 0.2) is 1.41 Å². The van der Waals surface area contributed by atoms with Gasteiger partial charge in [0.2, 0.25) is 0 Å². The van der Waals surface area contributed by atoms with Crippen LogP contribution in [0.3, 0.4) is 0 Å². The van der Waals surface area contributed by atoms with E-state index in [0.717, 1.165) is 68.5 Å². The molecule has 2 radical (unpaired) electrons. The average molecular weight is 1260 g/mol. The molecular weight excluding hydrogens is 1200 g/mol. The number of para-hydroxylation sites is 3. The molecule has 13 rings (SSSR count). The van der Waals surface area contributed by atoms with E-state index in [0.29, 0.717) is 0 Å². The van der Waals surface area contributed by atoms with E-state index in [-0.39, 0.29) is 20.1 Å². The maximum Gasteiger partial charge on any atom is 0.494 e. The van der Waals surface area contributed by atoms with E-state index in [9.17, 15) is 0 Å². The smallest absolute Gasteiger partial charge is 0.494 e. The summed E-state index contributed by atoms with van der Waals surface area (Å²) in [5, 5.41) is 8.57. The standard InChI is InChI=1S/C44H32N2.C19H16N.C9H7NO.Al.Ir.H2NP.H/c1-3-17-37(18-4-1)45(43-23-11-15-35-13-7-9-21-41(35)43)39-29-25-33(26-30-39)34-27-31-40(32-28-34)46(38-19-5-2-6-20-38)44-24-12-16-36-14-8-10-22-42(36)44;1-2-15-13-19(17-11-7-4-8-12-17)20-14-18(15)16-9-5-3-6-10-16;11-8-5-1-3-7-4-2-6-10-9(7)8;;;1-2;/h1-32H;3-11,13-14H,2H2,1H3;1-6,11H;;;1-2H;/q;-1;;+1;;;/p-1/i/hD. The molecule has 9 heteroatoms. The van der Waals surface area contributed by atoms with E-state index in [1.165, 1.54) is 66.0 Å². The van der Waals surface area contributed by atoms with Crippen LogP contribution in [0.25, 0.3) is 66.0 Å². The average Bonchev–Trinajstić information content (AvgIpc) is 3.74. The van der Waals surface area contributed by atoms with Crippen LogP contribution in [0, 0.1) is 11.2 Å². The van der Waals surface area contributed by atoms with Crippen molar-refractivity contribution >= 4 is 92.2 Å². The molecule has 0 fully saturated rings. The Balaban J connectivity index is 0.000000183. The largest absolute Gasteiger partial charge is 0.649 e. The molecule has 0 aliphatic heterocycles. The molecule has 81 heavy (non-hydrogen) atoms. The van der Waals surface area contributed by atoms with E-state index >= 15 is 0 Å². The first kappa shape index (κ1) is 55.5. The fourth-order valence-corrected chi connectivity index (χ4v) is 10.2. The Morgan fingerprint density at radius 2 is 0.951 bits per heavy atom. The van der Waals surface area contributed by atoms with Crippen molar-refractivity contribution in [3.63, 3.8) is 0 Å². The van der Waals surface area contributed by atoms with Crippen LogP contribution < -0.4 is 13.6 Å². The maximum absolute atomic E-state index is 5.75. The van der Waals surface area contributed by atoms with Gasteiger partial charge in [-0.1, -0.05) is 195 Å². The van der Waals surface area contributed by atoms with Gasteiger partial charge >= 0.3 is 16.6 Å². The molecule has 13 aromatic rings. The third-order valence-corrected chi connectivity index (χ3v) is 14.1. The van der Waals surface area contributed by atoms with Crippen molar-refractivity contribution in [1.82, 2.24) is 9.97 Å². The fourth-order valence-electron chi connectivity index (χ4n) is 9.98. The Labute approximate surface area is 500 Å². The zero-order valence-corrected chi connectivity index (χ0v) is 49.5. The van der Waals surface area contributed by atoms with Crippen LogP contribution in [0.4, 0.5) is 34.1 Å². The van der Waals surface area contributed by atoms with Crippen LogP contribution in [0.5, 0.6) is 5.75 Å². The number of hydrogen-bond donors (Lipinski definition) is 1. The Morgan fingerprint density at radius 3 is 1.47 bits per heavy atom. The summed E-state index contributed by atoms with van der Waals surface area (Å²) in [5.41, 5.74) is 15.9. The Morgan fingerprint density at radius 1 is 0.494 bits per heavy atom. The first-order chi connectivity index (χ1) is 40.0. The molecule has 2 aromatic heterocycles. The van der Waals surface area contributed by atoms with Crippen LogP contribution >= 0.6 is 9.03 Å². The van der Waals surface area contributed by atoms with Crippen LogP contribution in [-0.4, -0.2) is 26.6 Å². The van der Waals surface area contributed by atoms with Gasteiger partial charge in [0.05, 0.1) is 11.4 Å². The van der Waals surface area contributed by atoms with Gasteiger partial charge in [0.25, 0.3) is 0 Å². The van der Waals surface area contributed by atoms with Gasteiger partial charge < -0.3 is 18.6 Å². The molecule has 0 saturated carbocycles. The molecule has 0 amide bonds. The summed E-state index contributed by atoms with van der Waals surface area (Å²) >= 11 is 1.47. The quantitative estimate of drug-likeness (QED) is 0.0794. The predicted molar refractivity (Wildman–Crippen MR) is 340 cm³/mol. The number of aryl methyl sites for hydroxylation is 1. The molecule has 11 aromatic carbocycles. The van der Waals surface area contributed by atoms with E-state index in [1.807, 2.05) is 66.9 Å². The second kappa shape index (κ2) is 28.4. The zero-order valence-electron chi connectivity index (χ0n) is 45.7. The second-order valence-corrected chi connectivity index (χ2v) is 18.9. The van der Waals surface area contributed by atoms with Gasteiger partial charge in [-0.05, 0) is 127 Å². The number of benzene rings is 11. The first-order valence-corrected chi connectivity index (χ1v) is 27.5. The number of anilines is 6. The summed E-state index contributed by atoms with van der Waals surface area (Å²) in [6.45, 7) is 2.18. The van der Waals surface area contributed by atoms with Gasteiger partial charge in [-0.3, -0.25) is 10.1 Å². The number of hydrogen-bond acceptors (Lipinski definition) is 6. The van der Waals surface area contributed by atoms with Gasteiger partial charge in [0, 0.05) is 77.0 Å². The minimum absolute atomic E-state index is 0. The normalized spacial score (nSPS) is 10.5. The first-order valence-electron chi connectivity index (χ1n) is 26.9. The molecule has 0 aliphatic carbocycles.